The molecule has 1 aromatic carbocycles. The van der Waals surface area contributed by atoms with Crippen molar-refractivity contribution in [3.63, 3.8) is 0 Å². The van der Waals surface area contributed by atoms with Gasteiger partial charge in [-0.25, -0.2) is 4.79 Å². The molecule has 0 radical (unpaired) electrons. The number of anilines is 1. The standard InChI is InChI=1S/C14H20N2O4/c1-2-20-9-3-8-15-14(19)16-12-6-4-11(5-7-12)10-13(17)18/h4-7H,2-3,8-10H2,1H3,(H,17,18)(H2,15,16,19). The van der Waals surface area contributed by atoms with Crippen LogP contribution in [0.1, 0.15) is 18.9 Å². The summed E-state index contributed by atoms with van der Waals surface area (Å²) in [6, 6.07) is 6.43. The van der Waals surface area contributed by atoms with E-state index in [1.54, 1.807) is 24.3 Å². The number of hydrogen-bond acceptors (Lipinski definition) is 3. The van der Waals surface area contributed by atoms with E-state index in [0.29, 0.717) is 31.0 Å². The first-order valence-corrected chi connectivity index (χ1v) is 6.55. The Kier molecular flexibility index (Phi) is 7.13. The zero-order chi connectivity index (χ0) is 14.8. The van der Waals surface area contributed by atoms with Gasteiger partial charge < -0.3 is 20.5 Å². The Morgan fingerprint density at radius 1 is 1.25 bits per heavy atom. The van der Waals surface area contributed by atoms with Crippen LogP contribution < -0.4 is 10.6 Å². The van der Waals surface area contributed by atoms with Crippen molar-refractivity contribution in [2.24, 2.45) is 0 Å². The zero-order valence-corrected chi connectivity index (χ0v) is 11.5. The minimum atomic E-state index is -0.877. The minimum absolute atomic E-state index is 0.0239. The van der Waals surface area contributed by atoms with Gasteiger partial charge in [0, 0.05) is 25.4 Å². The molecule has 1 aromatic rings. The Morgan fingerprint density at radius 2 is 1.95 bits per heavy atom. The Balaban J connectivity index is 2.29. The van der Waals surface area contributed by atoms with Crippen LogP contribution in [-0.4, -0.2) is 36.9 Å². The minimum Gasteiger partial charge on any atom is -0.481 e. The molecule has 0 aliphatic carbocycles. The highest BCUT2D eigenvalue weighted by atomic mass is 16.5. The fourth-order valence-corrected chi connectivity index (χ4v) is 1.58. The Hall–Kier alpha value is -2.08. The maximum atomic E-state index is 11.6. The van der Waals surface area contributed by atoms with Crippen molar-refractivity contribution >= 4 is 17.7 Å². The third-order valence-electron chi connectivity index (χ3n) is 2.52. The first kappa shape index (κ1) is 16.0. The van der Waals surface area contributed by atoms with Crippen LogP contribution in [-0.2, 0) is 16.0 Å². The molecule has 0 unspecified atom stereocenters. The number of rotatable bonds is 8. The molecule has 0 saturated carbocycles. The highest BCUT2D eigenvalue weighted by Gasteiger charge is 2.03. The maximum absolute atomic E-state index is 11.6. The van der Waals surface area contributed by atoms with Crippen LogP contribution in [0.5, 0.6) is 0 Å². The molecule has 0 heterocycles. The van der Waals surface area contributed by atoms with E-state index in [1.807, 2.05) is 6.92 Å². The van der Waals surface area contributed by atoms with Gasteiger partial charge in [0.2, 0.25) is 0 Å². The first-order valence-electron chi connectivity index (χ1n) is 6.55. The number of aliphatic carboxylic acids is 1. The lowest BCUT2D eigenvalue weighted by Gasteiger charge is -2.08. The number of benzene rings is 1. The number of hydrogen-bond donors (Lipinski definition) is 3. The number of amides is 2. The van der Waals surface area contributed by atoms with E-state index in [4.69, 9.17) is 9.84 Å². The average molecular weight is 280 g/mol. The molecule has 110 valence electrons. The lowest BCUT2D eigenvalue weighted by Crippen LogP contribution is -2.30. The second-order valence-electron chi connectivity index (χ2n) is 4.20. The summed E-state index contributed by atoms with van der Waals surface area (Å²) in [5.41, 5.74) is 1.32. The summed E-state index contributed by atoms with van der Waals surface area (Å²) in [4.78, 5) is 22.1. The van der Waals surface area contributed by atoms with Crippen LogP contribution in [0.4, 0.5) is 10.5 Å². The van der Waals surface area contributed by atoms with Crippen LogP contribution in [0.15, 0.2) is 24.3 Å². The van der Waals surface area contributed by atoms with Crippen molar-refractivity contribution < 1.29 is 19.4 Å². The number of carbonyl (C=O) groups is 2. The first-order chi connectivity index (χ1) is 9.61. The van der Waals surface area contributed by atoms with Crippen LogP contribution >= 0.6 is 0 Å². The predicted octanol–water partition coefficient (Wildman–Crippen LogP) is 1.86. The molecule has 0 bridgehead atoms. The molecule has 0 fully saturated rings. The van der Waals surface area contributed by atoms with Crippen molar-refractivity contribution in [1.82, 2.24) is 5.32 Å². The number of carboxylic acids is 1. The summed E-state index contributed by atoms with van der Waals surface area (Å²) in [6.07, 6.45) is 0.739. The summed E-state index contributed by atoms with van der Waals surface area (Å²) in [5.74, 6) is -0.877. The molecule has 2 amide bonds. The van der Waals surface area contributed by atoms with Crippen LogP contribution in [0.3, 0.4) is 0 Å². The molecule has 20 heavy (non-hydrogen) atoms. The molecule has 6 nitrogen and oxygen atoms in total. The lowest BCUT2D eigenvalue weighted by molar-refractivity contribution is -0.136. The Morgan fingerprint density at radius 3 is 2.55 bits per heavy atom. The molecular weight excluding hydrogens is 260 g/mol. The molecule has 6 heteroatoms. The molecule has 1 rings (SSSR count). The third-order valence-corrected chi connectivity index (χ3v) is 2.52. The number of carboxylic acid groups (broad SMARTS) is 1. The van der Waals surface area contributed by atoms with E-state index in [9.17, 15) is 9.59 Å². The van der Waals surface area contributed by atoms with Crippen molar-refractivity contribution in [3.05, 3.63) is 29.8 Å². The lowest BCUT2D eigenvalue weighted by atomic mass is 10.1. The van der Waals surface area contributed by atoms with Gasteiger partial charge >= 0.3 is 12.0 Å². The highest BCUT2D eigenvalue weighted by Crippen LogP contribution is 2.09. The van der Waals surface area contributed by atoms with Gasteiger partial charge in [0.05, 0.1) is 6.42 Å². The van der Waals surface area contributed by atoms with E-state index in [1.165, 1.54) is 0 Å². The van der Waals surface area contributed by atoms with Gasteiger partial charge in [-0.15, -0.1) is 0 Å². The van der Waals surface area contributed by atoms with Crippen LogP contribution in [0.25, 0.3) is 0 Å². The predicted molar refractivity (Wildman–Crippen MR) is 75.9 cm³/mol. The van der Waals surface area contributed by atoms with E-state index in [2.05, 4.69) is 10.6 Å². The summed E-state index contributed by atoms with van der Waals surface area (Å²) < 4.78 is 5.16. The van der Waals surface area contributed by atoms with Crippen LogP contribution in [0.2, 0.25) is 0 Å². The number of ether oxygens (including phenoxy) is 1. The van der Waals surface area contributed by atoms with Crippen molar-refractivity contribution in [2.45, 2.75) is 19.8 Å². The van der Waals surface area contributed by atoms with E-state index < -0.39 is 5.97 Å². The van der Waals surface area contributed by atoms with Crippen LogP contribution in [0, 0.1) is 0 Å². The fourth-order valence-electron chi connectivity index (χ4n) is 1.58. The molecule has 0 aliphatic heterocycles. The summed E-state index contributed by atoms with van der Waals surface area (Å²) in [7, 11) is 0. The molecule has 0 aliphatic rings. The molecular formula is C14H20N2O4. The monoisotopic (exact) mass is 280 g/mol. The van der Waals surface area contributed by atoms with Gasteiger partial charge in [-0.3, -0.25) is 4.79 Å². The maximum Gasteiger partial charge on any atom is 0.319 e. The SMILES string of the molecule is CCOCCCNC(=O)Nc1ccc(CC(=O)O)cc1. The Labute approximate surface area is 118 Å². The van der Waals surface area contributed by atoms with Crippen molar-refractivity contribution in [1.29, 1.82) is 0 Å². The second-order valence-corrected chi connectivity index (χ2v) is 4.20. The smallest absolute Gasteiger partial charge is 0.319 e. The molecule has 0 spiro atoms. The number of carbonyl (C=O) groups excluding carboxylic acids is 1. The topological polar surface area (TPSA) is 87.7 Å². The molecule has 0 atom stereocenters. The number of urea groups is 1. The molecule has 3 N–H and O–H groups in total. The molecule has 0 aromatic heterocycles. The second kappa shape index (κ2) is 8.92. The van der Waals surface area contributed by atoms with Gasteiger partial charge in [0.15, 0.2) is 0 Å². The van der Waals surface area contributed by atoms with Crippen molar-refractivity contribution in [3.8, 4) is 0 Å². The largest absolute Gasteiger partial charge is 0.481 e. The van der Waals surface area contributed by atoms with Crippen molar-refractivity contribution in [2.75, 3.05) is 25.1 Å². The van der Waals surface area contributed by atoms with Gasteiger partial charge in [-0.1, -0.05) is 12.1 Å². The van der Waals surface area contributed by atoms with E-state index in [0.717, 1.165) is 6.42 Å². The average Bonchev–Trinajstić information content (AvgIpc) is 2.40. The van der Waals surface area contributed by atoms with E-state index >= 15 is 0 Å². The van der Waals surface area contributed by atoms with Gasteiger partial charge in [-0.05, 0) is 31.0 Å². The summed E-state index contributed by atoms with van der Waals surface area (Å²) in [5, 5.41) is 14.0. The Bertz CT molecular complexity index is 431. The summed E-state index contributed by atoms with van der Waals surface area (Å²) >= 11 is 0. The normalized spacial score (nSPS) is 10.1. The van der Waals surface area contributed by atoms with Gasteiger partial charge in [-0.2, -0.15) is 0 Å². The van der Waals surface area contributed by atoms with Gasteiger partial charge in [0.25, 0.3) is 0 Å². The van der Waals surface area contributed by atoms with Gasteiger partial charge in [0.1, 0.15) is 0 Å². The number of nitrogens with one attached hydrogen (secondary N) is 2. The highest BCUT2D eigenvalue weighted by molar-refractivity contribution is 5.89. The zero-order valence-electron chi connectivity index (χ0n) is 11.5. The third kappa shape index (κ3) is 6.75. The van der Waals surface area contributed by atoms with E-state index in [-0.39, 0.29) is 12.5 Å². The molecule has 0 saturated heterocycles. The fraction of sp³-hybridized carbons (Fsp3) is 0.429. The quantitative estimate of drug-likeness (QED) is 0.634. The summed E-state index contributed by atoms with van der Waals surface area (Å²) in [6.45, 7) is 3.77.